The van der Waals surface area contributed by atoms with E-state index in [4.69, 9.17) is 9.47 Å². The van der Waals surface area contributed by atoms with Crippen LogP contribution in [0.15, 0.2) is 0 Å². The molecule has 74 valence electrons. The number of hydrogen-bond donors (Lipinski definition) is 0. The van der Waals surface area contributed by atoms with Crippen LogP contribution in [0.5, 0.6) is 0 Å². The van der Waals surface area contributed by atoms with Crippen LogP contribution in [0.4, 0.5) is 0 Å². The van der Waals surface area contributed by atoms with Crippen LogP contribution in [-0.4, -0.2) is 29.4 Å². The van der Waals surface area contributed by atoms with Crippen molar-refractivity contribution in [3.8, 4) is 0 Å². The molecule has 0 amide bonds. The van der Waals surface area contributed by atoms with E-state index in [2.05, 4.69) is 13.8 Å². The predicted octanol–water partition coefficient (Wildman–Crippen LogP) is 1.27. The highest BCUT2D eigenvalue weighted by molar-refractivity contribution is 6.10. The highest BCUT2D eigenvalue weighted by atomic mass is 28.1. The van der Waals surface area contributed by atoms with E-state index in [0.29, 0.717) is 0 Å². The lowest BCUT2D eigenvalue weighted by molar-refractivity contribution is -0.0895. The van der Waals surface area contributed by atoms with Crippen molar-refractivity contribution in [2.45, 2.75) is 45.4 Å². The molecular weight excluding hydrogens is 168 g/mol. The van der Waals surface area contributed by atoms with Gasteiger partial charge in [-0.05, 0) is 12.8 Å². The summed E-state index contributed by atoms with van der Waals surface area (Å²) < 4.78 is 10.9. The van der Waals surface area contributed by atoms with Gasteiger partial charge in [0.1, 0.15) is 5.91 Å². The molecule has 0 atom stereocenters. The molecule has 0 aromatic carbocycles. The normalized spacial score (nSPS) is 11.2. The van der Waals surface area contributed by atoms with E-state index in [0.717, 1.165) is 36.3 Å². The Morgan fingerprint density at radius 2 is 1.42 bits per heavy atom. The molecule has 0 rings (SSSR count). The Labute approximate surface area is 79.1 Å². The minimum atomic E-state index is 0.114. The first-order valence-electron chi connectivity index (χ1n) is 5.04. The smallest absolute Gasteiger partial charge is 0.131 e. The van der Waals surface area contributed by atoms with E-state index in [1.165, 1.54) is 12.8 Å². The van der Waals surface area contributed by atoms with Crippen LogP contribution < -0.4 is 0 Å². The molecule has 0 aliphatic rings. The first kappa shape index (κ1) is 12.1. The molecule has 0 spiro atoms. The van der Waals surface area contributed by atoms with Crippen LogP contribution >= 0.6 is 0 Å². The SMILES string of the molecule is CCCCOC([SiH3])OCCCC. The number of ether oxygens (including phenoxy) is 2. The van der Waals surface area contributed by atoms with Crippen molar-refractivity contribution in [3.63, 3.8) is 0 Å². The molecule has 0 radical (unpaired) electrons. The van der Waals surface area contributed by atoms with Crippen molar-refractivity contribution in [2.75, 3.05) is 13.2 Å². The highest BCUT2D eigenvalue weighted by Crippen LogP contribution is 1.96. The third-order valence-corrected chi connectivity index (χ3v) is 2.37. The maximum atomic E-state index is 5.47. The molecule has 0 unspecified atom stereocenters. The summed E-state index contributed by atoms with van der Waals surface area (Å²) in [5.41, 5.74) is 0. The van der Waals surface area contributed by atoms with E-state index in [-0.39, 0.29) is 5.91 Å². The molecule has 0 saturated heterocycles. The summed E-state index contributed by atoms with van der Waals surface area (Å²) in [6, 6.07) is 0. The molecule has 0 fully saturated rings. The van der Waals surface area contributed by atoms with E-state index < -0.39 is 0 Å². The van der Waals surface area contributed by atoms with Crippen molar-refractivity contribution in [3.05, 3.63) is 0 Å². The van der Waals surface area contributed by atoms with Gasteiger partial charge in [0.2, 0.25) is 0 Å². The molecular formula is C9H22O2Si. The molecule has 2 nitrogen and oxygen atoms in total. The molecule has 12 heavy (non-hydrogen) atoms. The van der Waals surface area contributed by atoms with Gasteiger partial charge >= 0.3 is 0 Å². The van der Waals surface area contributed by atoms with Crippen molar-refractivity contribution >= 4 is 10.2 Å². The second-order valence-electron chi connectivity index (χ2n) is 3.02. The summed E-state index contributed by atoms with van der Waals surface area (Å²) in [6.07, 6.45) is 4.69. The predicted molar refractivity (Wildman–Crippen MR) is 55.4 cm³/mol. The Morgan fingerprint density at radius 3 is 1.75 bits per heavy atom. The lowest BCUT2D eigenvalue weighted by atomic mass is 10.4. The fourth-order valence-electron chi connectivity index (χ4n) is 0.835. The lowest BCUT2D eigenvalue weighted by Crippen LogP contribution is -2.18. The Morgan fingerprint density at radius 1 is 1.00 bits per heavy atom. The Kier molecular flexibility index (Phi) is 9.33. The highest BCUT2D eigenvalue weighted by Gasteiger charge is 1.99. The maximum absolute atomic E-state index is 5.47. The fourth-order valence-corrected chi connectivity index (χ4v) is 1.31. The molecule has 0 aliphatic carbocycles. The molecule has 0 saturated carbocycles. The van der Waals surface area contributed by atoms with Gasteiger partial charge in [-0.25, -0.2) is 0 Å². The van der Waals surface area contributed by atoms with Crippen molar-refractivity contribution in [1.29, 1.82) is 0 Å². The second kappa shape index (κ2) is 9.23. The molecule has 3 heteroatoms. The van der Waals surface area contributed by atoms with E-state index >= 15 is 0 Å². The topological polar surface area (TPSA) is 18.5 Å². The van der Waals surface area contributed by atoms with Crippen LogP contribution in [0.1, 0.15) is 39.5 Å². The molecule has 0 aromatic heterocycles. The monoisotopic (exact) mass is 190 g/mol. The fraction of sp³-hybridized carbons (Fsp3) is 1.00. The van der Waals surface area contributed by atoms with Crippen molar-refractivity contribution in [1.82, 2.24) is 0 Å². The molecule has 0 bridgehead atoms. The quantitative estimate of drug-likeness (QED) is 0.326. The van der Waals surface area contributed by atoms with Crippen LogP contribution in [0.3, 0.4) is 0 Å². The minimum absolute atomic E-state index is 0.114. The zero-order valence-corrected chi connectivity index (χ0v) is 10.6. The minimum Gasteiger partial charge on any atom is -0.357 e. The largest absolute Gasteiger partial charge is 0.357 e. The first-order chi connectivity index (χ1) is 5.81. The number of hydrogen-bond acceptors (Lipinski definition) is 2. The van der Waals surface area contributed by atoms with E-state index in [1.807, 2.05) is 0 Å². The van der Waals surface area contributed by atoms with Gasteiger partial charge in [0.05, 0.1) is 10.2 Å². The Hall–Kier alpha value is 0.137. The molecule has 0 N–H and O–H groups in total. The van der Waals surface area contributed by atoms with Gasteiger partial charge in [-0.3, -0.25) is 0 Å². The average Bonchev–Trinajstić information content (AvgIpc) is 2.06. The Bertz CT molecular complexity index is 78.6. The molecule has 0 heterocycles. The molecule has 0 aromatic rings. The van der Waals surface area contributed by atoms with Crippen LogP contribution in [-0.2, 0) is 9.47 Å². The average molecular weight is 190 g/mol. The second-order valence-corrected chi connectivity index (χ2v) is 3.96. The first-order valence-corrected chi connectivity index (χ1v) is 6.20. The van der Waals surface area contributed by atoms with Gasteiger partial charge in [0.25, 0.3) is 0 Å². The van der Waals surface area contributed by atoms with Gasteiger partial charge < -0.3 is 9.47 Å². The van der Waals surface area contributed by atoms with Crippen molar-refractivity contribution in [2.24, 2.45) is 0 Å². The summed E-state index contributed by atoms with van der Waals surface area (Å²) in [5.74, 6) is 0.114. The third kappa shape index (κ3) is 8.24. The maximum Gasteiger partial charge on any atom is 0.131 e. The van der Waals surface area contributed by atoms with Crippen LogP contribution in [0, 0.1) is 0 Å². The summed E-state index contributed by atoms with van der Waals surface area (Å²) in [7, 11) is 0.978. The summed E-state index contributed by atoms with van der Waals surface area (Å²) >= 11 is 0. The van der Waals surface area contributed by atoms with E-state index in [1.54, 1.807) is 0 Å². The summed E-state index contributed by atoms with van der Waals surface area (Å²) in [4.78, 5) is 0. The third-order valence-electron chi connectivity index (χ3n) is 1.70. The van der Waals surface area contributed by atoms with Gasteiger partial charge in [-0.1, -0.05) is 26.7 Å². The Balaban J connectivity index is 3.04. The summed E-state index contributed by atoms with van der Waals surface area (Å²) in [6.45, 7) is 6.06. The van der Waals surface area contributed by atoms with Crippen LogP contribution in [0.25, 0.3) is 0 Å². The van der Waals surface area contributed by atoms with Crippen molar-refractivity contribution < 1.29 is 9.47 Å². The number of unbranched alkanes of at least 4 members (excludes halogenated alkanes) is 2. The standard InChI is InChI=1S/C9H22O2Si/c1-3-5-7-10-9(12)11-8-6-4-2/h9H,3-8H2,1-2,12H3. The van der Waals surface area contributed by atoms with Gasteiger partial charge in [-0.2, -0.15) is 0 Å². The lowest BCUT2D eigenvalue weighted by Gasteiger charge is -2.13. The van der Waals surface area contributed by atoms with Gasteiger partial charge in [0.15, 0.2) is 0 Å². The zero-order valence-electron chi connectivity index (χ0n) is 8.64. The van der Waals surface area contributed by atoms with Crippen LogP contribution in [0.2, 0.25) is 0 Å². The molecule has 0 aliphatic heterocycles. The zero-order chi connectivity index (χ0) is 9.23. The number of rotatable bonds is 8. The summed E-state index contributed by atoms with van der Waals surface area (Å²) in [5, 5.41) is 0. The van der Waals surface area contributed by atoms with Gasteiger partial charge in [0, 0.05) is 13.2 Å². The van der Waals surface area contributed by atoms with E-state index in [9.17, 15) is 0 Å². The van der Waals surface area contributed by atoms with Gasteiger partial charge in [-0.15, -0.1) is 0 Å².